The maximum Gasteiger partial charge on any atom is 0.240 e. The van der Waals surface area contributed by atoms with Crippen molar-refractivity contribution in [3.63, 3.8) is 0 Å². The summed E-state index contributed by atoms with van der Waals surface area (Å²) in [6, 6.07) is 11.0. The number of sulfonamides is 1. The highest BCUT2D eigenvalue weighted by Gasteiger charge is 2.14. The number of nitrogens with one attached hydrogen (secondary N) is 3. The number of methoxy groups -OCH3 is 1. The van der Waals surface area contributed by atoms with Crippen LogP contribution in [-0.2, 0) is 21.3 Å². The third-order valence-electron chi connectivity index (χ3n) is 4.10. The summed E-state index contributed by atoms with van der Waals surface area (Å²) in [5.74, 6) is 1.06. The van der Waals surface area contributed by atoms with E-state index in [0.29, 0.717) is 25.0 Å². The smallest absolute Gasteiger partial charge is 0.240 e. The Balaban J connectivity index is 0.00000420. The molecule has 2 rings (SSSR count). The quantitative estimate of drug-likeness (QED) is 0.183. The largest absolute Gasteiger partial charge is 0.383 e. The highest BCUT2D eigenvalue weighted by atomic mass is 127. The molecule has 0 radical (unpaired) electrons. The van der Waals surface area contributed by atoms with Crippen LogP contribution in [0.1, 0.15) is 23.3 Å². The van der Waals surface area contributed by atoms with Crippen LogP contribution in [-0.4, -0.2) is 48.2 Å². The van der Waals surface area contributed by atoms with Gasteiger partial charge >= 0.3 is 0 Å². The molecule has 0 bridgehead atoms. The lowest BCUT2D eigenvalue weighted by Crippen LogP contribution is -2.38. The van der Waals surface area contributed by atoms with Gasteiger partial charge in [-0.2, -0.15) is 0 Å². The van der Waals surface area contributed by atoms with Gasteiger partial charge in [-0.3, -0.25) is 4.99 Å². The molecule has 3 N–H and O–H groups in total. The zero-order chi connectivity index (χ0) is 20.4. The lowest BCUT2D eigenvalue weighted by atomic mass is 10.1. The first-order chi connectivity index (χ1) is 13.5. The number of hydrogen-bond donors (Lipinski definition) is 3. The van der Waals surface area contributed by atoms with Gasteiger partial charge in [-0.15, -0.1) is 35.3 Å². The number of benzene rings is 1. The second-order valence-corrected chi connectivity index (χ2v) is 9.01. The van der Waals surface area contributed by atoms with E-state index < -0.39 is 10.0 Å². The molecule has 162 valence electrons. The predicted molar refractivity (Wildman–Crippen MR) is 130 cm³/mol. The van der Waals surface area contributed by atoms with Crippen LogP contribution in [0.4, 0.5) is 0 Å². The van der Waals surface area contributed by atoms with E-state index in [4.69, 9.17) is 4.74 Å². The zero-order valence-corrected chi connectivity index (χ0v) is 20.8. The van der Waals surface area contributed by atoms with Crippen molar-refractivity contribution in [3.05, 3.63) is 52.2 Å². The monoisotopic (exact) mass is 552 g/mol. The van der Waals surface area contributed by atoms with Gasteiger partial charge in [-0.1, -0.05) is 25.1 Å². The van der Waals surface area contributed by atoms with Crippen LogP contribution in [0.25, 0.3) is 0 Å². The van der Waals surface area contributed by atoms with E-state index in [-0.39, 0.29) is 35.4 Å². The maximum atomic E-state index is 12.3. The topological polar surface area (TPSA) is 91.8 Å². The van der Waals surface area contributed by atoms with Crippen molar-refractivity contribution < 1.29 is 13.2 Å². The molecule has 2 aromatic rings. The predicted octanol–water partition coefficient (Wildman–Crippen LogP) is 2.76. The zero-order valence-electron chi connectivity index (χ0n) is 16.8. The molecule has 7 nitrogen and oxygen atoms in total. The summed E-state index contributed by atoms with van der Waals surface area (Å²) in [5.41, 5.74) is 0.851. The number of aliphatic imine (C=N–C) groups is 1. The number of ether oxygens (including phenoxy) is 1. The van der Waals surface area contributed by atoms with Crippen molar-refractivity contribution >= 4 is 51.3 Å². The molecule has 1 aromatic heterocycles. The molecule has 0 aliphatic rings. The van der Waals surface area contributed by atoms with Crippen LogP contribution in [0.2, 0.25) is 0 Å². The standard InChI is InChI=1S/C19H28N4O3S2.HI/c1-15(18-8-5-11-27-18)13-21-19(20-2)22-14-16-6-4-7-17(12-16)28(24,25)23-9-10-26-3;/h4-8,11-12,15,23H,9-10,13-14H2,1-3H3,(H2,20,21,22);1H. The maximum absolute atomic E-state index is 12.3. The Kier molecular flexibility index (Phi) is 11.7. The van der Waals surface area contributed by atoms with E-state index in [9.17, 15) is 8.42 Å². The molecule has 0 fully saturated rings. The van der Waals surface area contributed by atoms with E-state index in [2.05, 4.69) is 44.8 Å². The number of guanidine groups is 1. The van der Waals surface area contributed by atoms with Gasteiger partial charge in [0.15, 0.2) is 5.96 Å². The molecule has 0 saturated heterocycles. The summed E-state index contributed by atoms with van der Waals surface area (Å²) in [6.45, 7) is 3.95. The molecule has 1 aromatic carbocycles. The highest BCUT2D eigenvalue weighted by Crippen LogP contribution is 2.19. The van der Waals surface area contributed by atoms with Gasteiger partial charge in [-0.05, 0) is 29.1 Å². The SMILES string of the molecule is CN=C(NCc1cccc(S(=O)(=O)NCCOC)c1)NCC(C)c1cccs1.I. The molecular weight excluding hydrogens is 523 g/mol. The number of hydrogen-bond acceptors (Lipinski definition) is 5. The van der Waals surface area contributed by atoms with Crippen LogP contribution >= 0.6 is 35.3 Å². The molecule has 0 aliphatic heterocycles. The second kappa shape index (κ2) is 13.2. The van der Waals surface area contributed by atoms with Gasteiger partial charge in [0.1, 0.15) is 0 Å². The summed E-state index contributed by atoms with van der Waals surface area (Å²) >= 11 is 1.74. The molecule has 0 saturated carbocycles. The van der Waals surface area contributed by atoms with Crippen molar-refractivity contribution in [1.29, 1.82) is 0 Å². The molecule has 0 aliphatic carbocycles. The van der Waals surface area contributed by atoms with Crippen LogP contribution in [0, 0.1) is 0 Å². The molecule has 1 atom stereocenters. The molecule has 0 spiro atoms. The van der Waals surface area contributed by atoms with Gasteiger partial charge < -0.3 is 15.4 Å². The van der Waals surface area contributed by atoms with E-state index in [0.717, 1.165) is 12.1 Å². The second-order valence-electron chi connectivity index (χ2n) is 6.26. The van der Waals surface area contributed by atoms with Crippen molar-refractivity contribution in [2.75, 3.05) is 33.9 Å². The Hall–Kier alpha value is -1.21. The Bertz CT molecular complexity index is 858. The number of nitrogens with zero attached hydrogens (tertiary/aromatic N) is 1. The van der Waals surface area contributed by atoms with Crippen molar-refractivity contribution in [3.8, 4) is 0 Å². The fraction of sp³-hybridized carbons (Fsp3) is 0.421. The Morgan fingerprint density at radius 2 is 2.03 bits per heavy atom. The first-order valence-corrected chi connectivity index (χ1v) is 11.4. The first-order valence-electron chi connectivity index (χ1n) is 9.01. The Morgan fingerprint density at radius 3 is 2.69 bits per heavy atom. The molecule has 1 heterocycles. The lowest BCUT2D eigenvalue weighted by molar-refractivity contribution is 0.204. The Morgan fingerprint density at radius 1 is 1.24 bits per heavy atom. The van der Waals surface area contributed by atoms with E-state index in [1.165, 1.54) is 12.0 Å². The van der Waals surface area contributed by atoms with Crippen LogP contribution < -0.4 is 15.4 Å². The summed E-state index contributed by atoms with van der Waals surface area (Å²) in [7, 11) is -0.304. The molecule has 0 amide bonds. The van der Waals surface area contributed by atoms with Crippen LogP contribution in [0.15, 0.2) is 51.7 Å². The molecule has 1 unspecified atom stereocenters. The average molecular weight is 553 g/mol. The van der Waals surface area contributed by atoms with Crippen molar-refractivity contribution in [2.45, 2.75) is 24.3 Å². The first kappa shape index (κ1) is 25.8. The third kappa shape index (κ3) is 8.59. The summed E-state index contributed by atoms with van der Waals surface area (Å²) < 4.78 is 32.0. The minimum atomic E-state index is -3.55. The van der Waals surface area contributed by atoms with Gasteiger partial charge in [0, 0.05) is 44.6 Å². The fourth-order valence-corrected chi connectivity index (χ4v) is 4.38. The molecule has 29 heavy (non-hydrogen) atoms. The Labute approximate surface area is 194 Å². The van der Waals surface area contributed by atoms with Gasteiger partial charge in [0.25, 0.3) is 0 Å². The summed E-state index contributed by atoms with van der Waals surface area (Å²) in [6.07, 6.45) is 0. The van der Waals surface area contributed by atoms with E-state index in [1.807, 2.05) is 6.07 Å². The summed E-state index contributed by atoms with van der Waals surface area (Å²) in [5, 5.41) is 8.61. The number of halogens is 1. The lowest BCUT2D eigenvalue weighted by Gasteiger charge is -2.15. The summed E-state index contributed by atoms with van der Waals surface area (Å²) in [4.78, 5) is 5.79. The molecular formula is C19H29IN4O3S2. The highest BCUT2D eigenvalue weighted by molar-refractivity contribution is 14.0. The van der Waals surface area contributed by atoms with E-state index >= 15 is 0 Å². The van der Waals surface area contributed by atoms with Gasteiger partial charge in [0.2, 0.25) is 10.0 Å². The minimum Gasteiger partial charge on any atom is -0.383 e. The number of rotatable bonds is 10. The fourth-order valence-electron chi connectivity index (χ4n) is 2.51. The van der Waals surface area contributed by atoms with Crippen molar-refractivity contribution in [2.24, 2.45) is 4.99 Å². The average Bonchev–Trinajstić information content (AvgIpc) is 3.23. The van der Waals surface area contributed by atoms with Gasteiger partial charge in [-0.25, -0.2) is 13.1 Å². The van der Waals surface area contributed by atoms with Crippen molar-refractivity contribution in [1.82, 2.24) is 15.4 Å². The van der Waals surface area contributed by atoms with Crippen LogP contribution in [0.3, 0.4) is 0 Å². The number of thiophene rings is 1. The van der Waals surface area contributed by atoms with E-state index in [1.54, 1.807) is 36.6 Å². The minimum absolute atomic E-state index is 0. The normalized spacial score (nSPS) is 12.9. The molecule has 10 heteroatoms. The third-order valence-corrected chi connectivity index (χ3v) is 6.66. The van der Waals surface area contributed by atoms with Crippen LogP contribution in [0.5, 0.6) is 0 Å². The van der Waals surface area contributed by atoms with Gasteiger partial charge in [0.05, 0.1) is 11.5 Å².